The first-order valence-electron chi connectivity index (χ1n) is 13.9. The Morgan fingerprint density at radius 3 is 2.69 bits per heavy atom. The monoisotopic (exact) mass is 558 g/mol. The fourth-order valence-corrected chi connectivity index (χ4v) is 7.44. The second-order valence-electron chi connectivity index (χ2n) is 11.1. The lowest BCUT2D eigenvalue weighted by Crippen LogP contribution is -2.40. The minimum absolute atomic E-state index is 0.0361. The summed E-state index contributed by atoms with van der Waals surface area (Å²) in [6.07, 6.45) is 4.81. The number of aromatic nitrogens is 2. The topological polar surface area (TPSA) is 120 Å². The van der Waals surface area contributed by atoms with Gasteiger partial charge >= 0.3 is 5.97 Å². The Kier molecular flexibility index (Phi) is 8.11. The van der Waals surface area contributed by atoms with Crippen LogP contribution in [0.15, 0.2) is 29.2 Å². The van der Waals surface area contributed by atoms with Gasteiger partial charge in [0.25, 0.3) is 5.91 Å². The van der Waals surface area contributed by atoms with Gasteiger partial charge in [-0.05, 0) is 75.0 Å². The summed E-state index contributed by atoms with van der Waals surface area (Å²) >= 11 is 0. The number of esters is 1. The smallest absolute Gasteiger partial charge is 0.338 e. The molecule has 0 aliphatic carbocycles. The maximum Gasteiger partial charge on any atom is 0.338 e. The van der Waals surface area contributed by atoms with Crippen molar-refractivity contribution in [2.24, 2.45) is 11.3 Å². The van der Waals surface area contributed by atoms with Gasteiger partial charge < -0.3 is 14.8 Å². The molecule has 0 saturated carbocycles. The second-order valence-corrected chi connectivity index (χ2v) is 13.0. The van der Waals surface area contributed by atoms with Gasteiger partial charge in [0, 0.05) is 45.0 Å². The third kappa shape index (κ3) is 5.76. The number of hydrogen-bond donors (Lipinski definition) is 1. The molecule has 3 aliphatic rings. The number of benzene rings is 1. The summed E-state index contributed by atoms with van der Waals surface area (Å²) in [7, 11) is -3.62. The Balaban J connectivity index is 1.27. The van der Waals surface area contributed by atoms with Crippen LogP contribution < -0.4 is 5.32 Å². The van der Waals surface area contributed by atoms with E-state index in [0.717, 1.165) is 43.4 Å². The maximum atomic E-state index is 13.0. The predicted octanol–water partition coefficient (Wildman–Crippen LogP) is 2.81. The van der Waals surface area contributed by atoms with E-state index in [-0.39, 0.29) is 34.3 Å². The highest BCUT2D eigenvalue weighted by atomic mass is 32.2. The number of amides is 1. The fourth-order valence-electron chi connectivity index (χ4n) is 5.88. The molecule has 3 aliphatic heterocycles. The largest absolute Gasteiger partial charge is 0.462 e. The molecule has 1 spiro atoms. The van der Waals surface area contributed by atoms with Crippen LogP contribution in [-0.4, -0.2) is 73.8 Å². The van der Waals surface area contributed by atoms with Crippen LogP contribution in [0.5, 0.6) is 0 Å². The zero-order valence-corrected chi connectivity index (χ0v) is 23.6. The highest BCUT2D eigenvalue weighted by molar-refractivity contribution is 7.89. The molecule has 5 rings (SSSR count). The van der Waals surface area contributed by atoms with Crippen LogP contribution >= 0.6 is 0 Å². The van der Waals surface area contributed by atoms with Gasteiger partial charge in [-0.15, -0.1) is 0 Å². The summed E-state index contributed by atoms with van der Waals surface area (Å²) < 4.78 is 40.3. The molecule has 11 heteroatoms. The van der Waals surface area contributed by atoms with Crippen LogP contribution in [0.25, 0.3) is 0 Å². The van der Waals surface area contributed by atoms with Crippen LogP contribution in [0.2, 0.25) is 0 Å². The van der Waals surface area contributed by atoms with Gasteiger partial charge in [0.15, 0.2) is 0 Å². The third-order valence-electron chi connectivity index (χ3n) is 8.19. The lowest BCUT2D eigenvalue weighted by Gasteiger charge is -2.36. The van der Waals surface area contributed by atoms with Gasteiger partial charge in [-0.25, -0.2) is 13.2 Å². The summed E-state index contributed by atoms with van der Waals surface area (Å²) in [5.74, 6) is -0.692. The van der Waals surface area contributed by atoms with Crippen LogP contribution in [0.4, 0.5) is 0 Å². The van der Waals surface area contributed by atoms with E-state index in [9.17, 15) is 18.0 Å². The van der Waals surface area contributed by atoms with Crippen molar-refractivity contribution in [3.05, 3.63) is 46.8 Å². The van der Waals surface area contributed by atoms with Crippen LogP contribution in [0.1, 0.15) is 71.6 Å². The highest BCUT2D eigenvalue weighted by Crippen LogP contribution is 2.38. The molecule has 1 amide bonds. The highest BCUT2D eigenvalue weighted by Gasteiger charge is 2.40. The molecule has 2 fully saturated rings. The normalized spacial score (nSPS) is 20.3. The van der Waals surface area contributed by atoms with Crippen molar-refractivity contribution in [2.45, 2.75) is 63.8 Å². The molecule has 0 unspecified atom stereocenters. The fraction of sp³-hybridized carbons (Fsp3) is 0.607. The number of nitrogens with one attached hydrogen (secondary N) is 1. The van der Waals surface area contributed by atoms with Gasteiger partial charge in [-0.3, -0.25) is 9.48 Å². The van der Waals surface area contributed by atoms with Gasteiger partial charge in [-0.1, -0.05) is 13.0 Å². The average Bonchev–Trinajstić information content (AvgIpc) is 3.58. The number of aryl methyl sites for hydroxylation is 1. The third-order valence-corrected chi connectivity index (χ3v) is 10.1. The lowest BCUT2D eigenvalue weighted by atomic mass is 9.75. The van der Waals surface area contributed by atoms with E-state index in [0.29, 0.717) is 51.5 Å². The molecule has 212 valence electrons. The number of rotatable bonds is 8. The van der Waals surface area contributed by atoms with Crippen molar-refractivity contribution in [1.29, 1.82) is 0 Å². The molecule has 1 aromatic heterocycles. The minimum Gasteiger partial charge on any atom is -0.462 e. The molecule has 10 nitrogen and oxygen atoms in total. The Morgan fingerprint density at radius 2 is 1.97 bits per heavy atom. The Hall–Kier alpha value is -2.76. The Bertz CT molecular complexity index is 1330. The van der Waals surface area contributed by atoms with Gasteiger partial charge in [0.2, 0.25) is 10.0 Å². The molecule has 4 heterocycles. The van der Waals surface area contributed by atoms with E-state index in [1.807, 2.05) is 13.8 Å². The Labute approximate surface area is 230 Å². The van der Waals surface area contributed by atoms with Crippen molar-refractivity contribution < 1.29 is 27.5 Å². The molecule has 39 heavy (non-hydrogen) atoms. The van der Waals surface area contributed by atoms with Gasteiger partial charge in [0.1, 0.15) is 5.69 Å². The maximum absolute atomic E-state index is 13.0. The van der Waals surface area contributed by atoms with Crippen molar-refractivity contribution >= 4 is 21.9 Å². The molecular weight excluding hydrogens is 520 g/mol. The van der Waals surface area contributed by atoms with Crippen molar-refractivity contribution in [3.63, 3.8) is 0 Å². The molecule has 1 atom stereocenters. The van der Waals surface area contributed by atoms with Crippen molar-refractivity contribution in [3.8, 4) is 0 Å². The van der Waals surface area contributed by atoms with Crippen molar-refractivity contribution in [2.75, 3.05) is 39.5 Å². The van der Waals surface area contributed by atoms with Crippen LogP contribution in [0, 0.1) is 11.3 Å². The zero-order valence-electron chi connectivity index (χ0n) is 22.8. The van der Waals surface area contributed by atoms with E-state index in [1.54, 1.807) is 16.8 Å². The van der Waals surface area contributed by atoms with Crippen LogP contribution in [0.3, 0.4) is 0 Å². The van der Waals surface area contributed by atoms with Gasteiger partial charge in [0.05, 0.1) is 22.8 Å². The van der Waals surface area contributed by atoms with Crippen LogP contribution in [-0.2, 0) is 38.9 Å². The van der Waals surface area contributed by atoms with Crippen molar-refractivity contribution in [1.82, 2.24) is 19.4 Å². The SMILES string of the molecule is CCn1nc(C[C@@H](C)COC(=O)c2cccc(S(=O)(=O)N3CCCC3)c2)c2c1C(=O)NCC1(CCOCC1)C2. The van der Waals surface area contributed by atoms with E-state index >= 15 is 0 Å². The molecule has 2 saturated heterocycles. The molecular formula is C28H38N4O6S. The standard InChI is InChI=1S/C28H38N4O6S/c1-3-32-25-23(17-28(19-29-26(25)33)9-13-37-14-10-28)24(30-32)15-20(2)18-38-27(34)21-7-6-8-22(16-21)39(35,36)31-11-4-5-12-31/h6-8,16,20H,3-5,9-15,17-19H2,1-2H3,(H,29,33)/t20-/m1/s1. The van der Waals surface area contributed by atoms with E-state index in [1.165, 1.54) is 16.4 Å². The quantitative estimate of drug-likeness (QED) is 0.495. The first-order chi connectivity index (χ1) is 18.7. The molecule has 2 aromatic rings. The first kappa shape index (κ1) is 27.8. The molecule has 1 aromatic carbocycles. The minimum atomic E-state index is -3.62. The number of ether oxygens (including phenoxy) is 2. The summed E-state index contributed by atoms with van der Waals surface area (Å²) in [5, 5.41) is 7.92. The van der Waals surface area contributed by atoms with E-state index in [4.69, 9.17) is 14.6 Å². The summed E-state index contributed by atoms with van der Waals surface area (Å²) in [4.78, 5) is 26.0. The predicted molar refractivity (Wildman–Crippen MR) is 144 cm³/mol. The molecule has 1 N–H and O–H groups in total. The first-order valence-corrected chi connectivity index (χ1v) is 15.4. The zero-order chi connectivity index (χ0) is 27.6. The molecule has 0 bridgehead atoms. The summed E-state index contributed by atoms with van der Waals surface area (Å²) in [6, 6.07) is 6.07. The summed E-state index contributed by atoms with van der Waals surface area (Å²) in [6.45, 7) is 7.72. The number of carbonyl (C=O) groups is 2. The number of carbonyl (C=O) groups excluding carboxylic acids is 2. The average molecular weight is 559 g/mol. The number of sulfonamides is 1. The number of nitrogens with zero attached hydrogens (tertiary/aromatic N) is 3. The van der Waals surface area contributed by atoms with E-state index < -0.39 is 16.0 Å². The van der Waals surface area contributed by atoms with Gasteiger partial charge in [-0.2, -0.15) is 9.40 Å². The summed E-state index contributed by atoms with van der Waals surface area (Å²) in [5.41, 5.74) is 2.68. The number of fused-ring (bicyclic) bond motifs is 1. The molecule has 0 radical (unpaired) electrons. The number of hydrogen-bond acceptors (Lipinski definition) is 7. The lowest BCUT2D eigenvalue weighted by molar-refractivity contribution is 0.0160. The second kappa shape index (κ2) is 11.4. The van der Waals surface area contributed by atoms with E-state index in [2.05, 4.69) is 5.32 Å². The Morgan fingerprint density at radius 1 is 1.23 bits per heavy atom.